The maximum Gasteiger partial charge on any atom is 0.409 e. The van der Waals surface area contributed by atoms with E-state index in [4.69, 9.17) is 4.74 Å². The second-order valence-electron chi connectivity index (χ2n) is 7.05. The highest BCUT2D eigenvalue weighted by molar-refractivity contribution is 7.92. The number of rotatable bonds is 6. The standard InChI is InChI=1S/C21H24FN3O5S/c1-2-30-21(27)25-12-10-16(11-13-25)23-20(26)15-6-5-7-17(14-15)31(28,29)24-19-9-4-3-8-18(19)22/h3-9,14,16,24H,2,10-13H2,1H3,(H,23,26). The first-order chi connectivity index (χ1) is 14.8. The van der Waals surface area contributed by atoms with Gasteiger partial charge in [0.1, 0.15) is 5.82 Å². The fraction of sp³-hybridized carbons (Fsp3) is 0.333. The summed E-state index contributed by atoms with van der Waals surface area (Å²) in [6, 6.07) is 10.8. The molecule has 166 valence electrons. The summed E-state index contributed by atoms with van der Waals surface area (Å²) in [5, 5.41) is 2.87. The third-order valence-corrected chi connectivity index (χ3v) is 6.24. The lowest BCUT2D eigenvalue weighted by Gasteiger charge is -2.31. The normalized spacial score (nSPS) is 14.7. The van der Waals surface area contributed by atoms with Crippen LogP contribution in [0.2, 0.25) is 0 Å². The van der Waals surface area contributed by atoms with Crippen LogP contribution >= 0.6 is 0 Å². The maximum atomic E-state index is 13.8. The number of nitrogens with one attached hydrogen (secondary N) is 2. The van der Waals surface area contributed by atoms with Crippen molar-refractivity contribution in [2.75, 3.05) is 24.4 Å². The summed E-state index contributed by atoms with van der Waals surface area (Å²) < 4.78 is 46.2. The Balaban J connectivity index is 1.64. The number of para-hydroxylation sites is 1. The predicted molar refractivity (Wildman–Crippen MR) is 113 cm³/mol. The molecule has 0 unspecified atom stereocenters. The number of hydrogen-bond acceptors (Lipinski definition) is 5. The average Bonchev–Trinajstić information content (AvgIpc) is 2.76. The molecule has 0 radical (unpaired) electrons. The van der Waals surface area contributed by atoms with Crippen LogP contribution in [0, 0.1) is 5.82 Å². The smallest absolute Gasteiger partial charge is 0.409 e. The second kappa shape index (κ2) is 9.78. The number of likely N-dealkylation sites (tertiary alicyclic amines) is 1. The zero-order valence-electron chi connectivity index (χ0n) is 17.0. The van der Waals surface area contributed by atoms with Gasteiger partial charge in [0.2, 0.25) is 0 Å². The fourth-order valence-corrected chi connectivity index (χ4v) is 4.35. The molecular weight excluding hydrogens is 425 g/mol. The van der Waals surface area contributed by atoms with Crippen molar-refractivity contribution in [3.05, 3.63) is 59.9 Å². The number of nitrogens with zero attached hydrogens (tertiary/aromatic N) is 1. The van der Waals surface area contributed by atoms with Crippen LogP contribution in [0.5, 0.6) is 0 Å². The monoisotopic (exact) mass is 449 g/mol. The molecule has 3 rings (SSSR count). The third-order valence-electron chi connectivity index (χ3n) is 4.88. The van der Waals surface area contributed by atoms with Gasteiger partial charge in [0.15, 0.2) is 0 Å². The van der Waals surface area contributed by atoms with Crippen LogP contribution in [0.3, 0.4) is 0 Å². The zero-order valence-corrected chi connectivity index (χ0v) is 17.8. The molecule has 1 saturated heterocycles. The Hall–Kier alpha value is -3.14. The van der Waals surface area contributed by atoms with Gasteiger partial charge in [-0.1, -0.05) is 18.2 Å². The third kappa shape index (κ3) is 5.72. The van der Waals surface area contributed by atoms with E-state index in [1.54, 1.807) is 11.8 Å². The molecule has 10 heteroatoms. The predicted octanol–water partition coefficient (Wildman–Crippen LogP) is 2.98. The van der Waals surface area contributed by atoms with Crippen LogP contribution in [0.25, 0.3) is 0 Å². The molecule has 0 bridgehead atoms. The van der Waals surface area contributed by atoms with Gasteiger partial charge in [0.25, 0.3) is 15.9 Å². The van der Waals surface area contributed by atoms with Gasteiger partial charge in [-0.25, -0.2) is 17.6 Å². The zero-order chi connectivity index (χ0) is 22.4. The second-order valence-corrected chi connectivity index (χ2v) is 8.73. The molecule has 2 aromatic rings. The number of benzene rings is 2. The first-order valence-corrected chi connectivity index (χ1v) is 11.4. The molecule has 2 amide bonds. The lowest BCUT2D eigenvalue weighted by Crippen LogP contribution is -2.46. The number of carbonyl (C=O) groups excluding carboxylic acids is 2. The highest BCUT2D eigenvalue weighted by Gasteiger charge is 2.25. The summed E-state index contributed by atoms with van der Waals surface area (Å²) in [4.78, 5) is 25.8. The highest BCUT2D eigenvalue weighted by Crippen LogP contribution is 2.20. The molecule has 0 atom stereocenters. The van der Waals surface area contributed by atoms with Crippen molar-refractivity contribution in [3.8, 4) is 0 Å². The first kappa shape index (κ1) is 22.5. The van der Waals surface area contributed by atoms with Crippen molar-refractivity contribution in [1.29, 1.82) is 0 Å². The molecule has 8 nitrogen and oxygen atoms in total. The molecule has 31 heavy (non-hydrogen) atoms. The topological polar surface area (TPSA) is 105 Å². The van der Waals surface area contributed by atoms with Crippen molar-refractivity contribution < 1.29 is 27.1 Å². The number of hydrogen-bond donors (Lipinski definition) is 2. The molecule has 1 aliphatic heterocycles. The number of anilines is 1. The quantitative estimate of drug-likeness (QED) is 0.706. The van der Waals surface area contributed by atoms with Gasteiger partial charge < -0.3 is 15.0 Å². The van der Waals surface area contributed by atoms with E-state index in [2.05, 4.69) is 10.0 Å². The lowest BCUT2D eigenvalue weighted by atomic mass is 10.0. The minimum atomic E-state index is -4.08. The minimum Gasteiger partial charge on any atom is -0.450 e. The number of halogens is 1. The van der Waals surface area contributed by atoms with Crippen molar-refractivity contribution in [3.63, 3.8) is 0 Å². The average molecular weight is 450 g/mol. The summed E-state index contributed by atoms with van der Waals surface area (Å²) in [6.45, 7) is 2.97. The van der Waals surface area contributed by atoms with Crippen molar-refractivity contribution in [1.82, 2.24) is 10.2 Å². The van der Waals surface area contributed by atoms with E-state index in [1.807, 2.05) is 0 Å². The van der Waals surface area contributed by atoms with E-state index in [0.717, 1.165) is 6.07 Å². The number of sulfonamides is 1. The van der Waals surface area contributed by atoms with E-state index >= 15 is 0 Å². The Morgan fingerprint density at radius 3 is 2.52 bits per heavy atom. The summed E-state index contributed by atoms with van der Waals surface area (Å²) >= 11 is 0. The molecule has 0 aromatic heterocycles. The van der Waals surface area contributed by atoms with Crippen LogP contribution in [0.15, 0.2) is 53.4 Å². The number of piperidine rings is 1. The molecule has 2 N–H and O–H groups in total. The van der Waals surface area contributed by atoms with Crippen molar-refractivity contribution >= 4 is 27.7 Å². The fourth-order valence-electron chi connectivity index (χ4n) is 3.24. The van der Waals surface area contributed by atoms with Gasteiger partial charge in [0.05, 0.1) is 17.2 Å². The van der Waals surface area contributed by atoms with Crippen LogP contribution in [0.1, 0.15) is 30.1 Å². The van der Waals surface area contributed by atoms with Crippen LogP contribution < -0.4 is 10.0 Å². The molecule has 0 spiro atoms. The summed E-state index contributed by atoms with van der Waals surface area (Å²) in [6.07, 6.45) is 0.766. The Morgan fingerprint density at radius 1 is 1.13 bits per heavy atom. The van der Waals surface area contributed by atoms with Gasteiger partial charge >= 0.3 is 6.09 Å². The van der Waals surface area contributed by atoms with Crippen LogP contribution in [0.4, 0.5) is 14.9 Å². The Bertz CT molecular complexity index is 1050. The Labute approximate surface area is 180 Å². The Kier molecular flexibility index (Phi) is 7.11. The van der Waals surface area contributed by atoms with Gasteiger partial charge in [-0.05, 0) is 50.1 Å². The summed E-state index contributed by atoms with van der Waals surface area (Å²) in [5.74, 6) is -1.12. The minimum absolute atomic E-state index is 0.144. The van der Waals surface area contributed by atoms with Crippen LogP contribution in [-0.2, 0) is 14.8 Å². The number of amides is 2. The number of ether oxygens (including phenoxy) is 1. The van der Waals surface area contributed by atoms with Crippen LogP contribution in [-0.4, -0.2) is 51.1 Å². The van der Waals surface area contributed by atoms with E-state index in [9.17, 15) is 22.4 Å². The van der Waals surface area contributed by atoms with Crippen molar-refractivity contribution in [2.45, 2.75) is 30.7 Å². The van der Waals surface area contributed by atoms with E-state index < -0.39 is 21.7 Å². The number of carbonyl (C=O) groups is 2. The molecule has 1 aliphatic rings. The van der Waals surface area contributed by atoms with E-state index in [-0.39, 0.29) is 28.3 Å². The van der Waals surface area contributed by atoms with Gasteiger partial charge in [0, 0.05) is 24.7 Å². The molecule has 1 fully saturated rings. The van der Waals surface area contributed by atoms with E-state index in [1.165, 1.54) is 42.5 Å². The highest BCUT2D eigenvalue weighted by atomic mass is 32.2. The van der Waals surface area contributed by atoms with E-state index in [0.29, 0.717) is 32.5 Å². The van der Waals surface area contributed by atoms with Gasteiger partial charge in [-0.2, -0.15) is 0 Å². The first-order valence-electron chi connectivity index (χ1n) is 9.90. The lowest BCUT2D eigenvalue weighted by molar-refractivity contribution is 0.0860. The molecule has 1 heterocycles. The van der Waals surface area contributed by atoms with Gasteiger partial charge in [-0.3, -0.25) is 9.52 Å². The summed E-state index contributed by atoms with van der Waals surface area (Å²) in [7, 11) is -4.08. The summed E-state index contributed by atoms with van der Waals surface area (Å²) in [5.41, 5.74) is -0.00468. The molecular formula is C21H24FN3O5S. The SMILES string of the molecule is CCOC(=O)N1CCC(NC(=O)c2cccc(S(=O)(=O)Nc3ccccc3F)c2)CC1. The maximum absolute atomic E-state index is 13.8. The molecule has 2 aromatic carbocycles. The largest absolute Gasteiger partial charge is 0.450 e. The molecule has 0 saturated carbocycles. The Morgan fingerprint density at radius 2 is 1.84 bits per heavy atom. The van der Waals surface area contributed by atoms with Crippen molar-refractivity contribution in [2.24, 2.45) is 0 Å². The molecule has 0 aliphatic carbocycles. The van der Waals surface area contributed by atoms with Gasteiger partial charge in [-0.15, -0.1) is 0 Å².